The fourth-order valence-corrected chi connectivity index (χ4v) is 4.39. The Morgan fingerprint density at radius 3 is 1.42 bits per heavy atom. The second-order valence-corrected chi connectivity index (χ2v) is 8.86. The van der Waals surface area contributed by atoms with Crippen molar-refractivity contribution in [1.82, 2.24) is 9.97 Å². The molecule has 8 nitrogen and oxygen atoms in total. The number of rotatable bonds is 5. The largest absolute Gasteiger partial charge is 0.436 e. The third kappa shape index (κ3) is 4.39. The van der Waals surface area contributed by atoms with Gasteiger partial charge in [0.05, 0.1) is 0 Å². The Morgan fingerprint density at radius 1 is 0.605 bits per heavy atom. The van der Waals surface area contributed by atoms with Crippen LogP contribution in [0.2, 0.25) is 0 Å². The molecule has 0 atom stereocenters. The number of amides is 2. The van der Waals surface area contributed by atoms with E-state index in [2.05, 4.69) is 20.6 Å². The second-order valence-electron chi connectivity index (χ2n) is 8.86. The van der Waals surface area contributed by atoms with E-state index in [9.17, 15) is 9.59 Å². The van der Waals surface area contributed by atoms with Crippen molar-refractivity contribution in [2.45, 2.75) is 13.8 Å². The van der Waals surface area contributed by atoms with Gasteiger partial charge in [0.2, 0.25) is 23.6 Å². The van der Waals surface area contributed by atoms with Crippen LogP contribution in [-0.4, -0.2) is 21.8 Å². The zero-order valence-corrected chi connectivity index (χ0v) is 20.6. The van der Waals surface area contributed by atoms with Crippen LogP contribution in [0.5, 0.6) is 0 Å². The summed E-state index contributed by atoms with van der Waals surface area (Å²) < 4.78 is 12.0. The third-order valence-corrected chi connectivity index (χ3v) is 6.03. The molecule has 0 saturated heterocycles. The molecule has 4 aromatic carbocycles. The summed E-state index contributed by atoms with van der Waals surface area (Å²) in [5.74, 6) is 0.435. The first-order chi connectivity index (χ1) is 18.4. The molecular formula is C30H22N4O4. The Balaban J connectivity index is 1.55. The number of nitrogens with zero attached hydrogens (tertiary/aromatic N) is 2. The Bertz CT molecular complexity index is 1650. The maximum Gasteiger partial charge on any atom is 0.227 e. The van der Waals surface area contributed by atoms with E-state index in [1.807, 2.05) is 72.8 Å². The van der Waals surface area contributed by atoms with E-state index in [0.29, 0.717) is 56.6 Å². The highest BCUT2D eigenvalue weighted by molar-refractivity contribution is 6.01. The average molecular weight is 503 g/mol. The van der Waals surface area contributed by atoms with Gasteiger partial charge in [0.25, 0.3) is 0 Å². The molecule has 0 bridgehead atoms. The van der Waals surface area contributed by atoms with Gasteiger partial charge in [-0.3, -0.25) is 9.59 Å². The maximum atomic E-state index is 12.1. The summed E-state index contributed by atoms with van der Waals surface area (Å²) in [4.78, 5) is 33.4. The van der Waals surface area contributed by atoms with Gasteiger partial charge in [0.1, 0.15) is 11.0 Å². The number of anilines is 2. The molecule has 0 aliphatic rings. The molecule has 2 heterocycles. The Hall–Kier alpha value is -5.24. The van der Waals surface area contributed by atoms with E-state index in [-0.39, 0.29) is 11.8 Å². The highest BCUT2D eigenvalue weighted by Gasteiger charge is 2.18. The molecule has 2 N–H and O–H groups in total. The molecule has 0 aliphatic heterocycles. The fraction of sp³-hybridized carbons (Fsp3) is 0.0667. The first-order valence-electron chi connectivity index (χ1n) is 12.0. The van der Waals surface area contributed by atoms with Crippen molar-refractivity contribution in [3.05, 3.63) is 84.9 Å². The molecule has 186 valence electrons. The molecule has 6 rings (SSSR count). The predicted octanol–water partition coefficient (Wildman–Crippen LogP) is 6.89. The summed E-state index contributed by atoms with van der Waals surface area (Å²) in [5, 5.41) is 5.79. The Morgan fingerprint density at radius 2 is 1.03 bits per heavy atom. The van der Waals surface area contributed by atoms with Crippen LogP contribution in [-0.2, 0) is 9.59 Å². The van der Waals surface area contributed by atoms with Gasteiger partial charge in [0, 0.05) is 47.5 Å². The summed E-state index contributed by atoms with van der Waals surface area (Å²) in [6.07, 6.45) is 0. The van der Waals surface area contributed by atoms with Crippen LogP contribution in [0.25, 0.3) is 56.2 Å². The molecule has 0 radical (unpaired) electrons. The lowest BCUT2D eigenvalue weighted by atomic mass is 9.96. The quantitative estimate of drug-likeness (QED) is 0.266. The summed E-state index contributed by atoms with van der Waals surface area (Å²) in [5.41, 5.74) is 6.73. The van der Waals surface area contributed by atoms with Gasteiger partial charge in [-0.1, -0.05) is 24.3 Å². The molecule has 0 saturated carbocycles. The topological polar surface area (TPSA) is 110 Å². The smallest absolute Gasteiger partial charge is 0.227 e. The number of benzene rings is 4. The van der Waals surface area contributed by atoms with E-state index in [0.717, 1.165) is 11.0 Å². The van der Waals surface area contributed by atoms with E-state index < -0.39 is 0 Å². The molecule has 0 fully saturated rings. The van der Waals surface area contributed by atoms with Crippen LogP contribution in [0, 0.1) is 0 Å². The number of aromatic nitrogens is 2. The lowest BCUT2D eigenvalue weighted by molar-refractivity contribution is -0.115. The van der Waals surface area contributed by atoms with Crippen molar-refractivity contribution >= 4 is 45.4 Å². The average Bonchev–Trinajstić information content (AvgIpc) is 3.53. The van der Waals surface area contributed by atoms with E-state index in [4.69, 9.17) is 8.83 Å². The number of hydrogen-bond acceptors (Lipinski definition) is 6. The SMILES string of the molecule is CC(=O)Nc1ccc(-c2nc3ccccc3o2)cc1-c1cc(-c2nc3ccccc3o2)ccc1NC(C)=O. The number of hydrogen-bond donors (Lipinski definition) is 2. The van der Waals surface area contributed by atoms with E-state index in [1.165, 1.54) is 13.8 Å². The lowest BCUT2D eigenvalue weighted by Crippen LogP contribution is -2.09. The van der Waals surface area contributed by atoms with Crippen molar-refractivity contribution in [2.75, 3.05) is 10.6 Å². The van der Waals surface area contributed by atoms with Crippen molar-refractivity contribution in [3.8, 4) is 34.0 Å². The van der Waals surface area contributed by atoms with Crippen molar-refractivity contribution in [3.63, 3.8) is 0 Å². The standard InChI is InChI=1S/C30H22N4O4/c1-17(35)31-23-13-11-19(29-33-25-7-3-5-9-27(25)37-29)15-21(23)22-16-20(12-14-24(22)32-18(2)36)30-34-26-8-4-6-10-28(26)38-30/h3-16H,1-2H3,(H,31,35)(H,32,36). The third-order valence-electron chi connectivity index (χ3n) is 6.03. The van der Waals surface area contributed by atoms with Crippen LogP contribution in [0.4, 0.5) is 11.4 Å². The van der Waals surface area contributed by atoms with E-state index in [1.54, 1.807) is 12.1 Å². The fourth-order valence-electron chi connectivity index (χ4n) is 4.39. The first kappa shape index (κ1) is 23.2. The minimum Gasteiger partial charge on any atom is -0.436 e. The van der Waals surface area contributed by atoms with Gasteiger partial charge >= 0.3 is 0 Å². The molecule has 2 amide bonds. The van der Waals surface area contributed by atoms with Crippen LogP contribution < -0.4 is 10.6 Å². The minimum atomic E-state index is -0.225. The number of para-hydroxylation sites is 4. The van der Waals surface area contributed by atoms with Crippen molar-refractivity contribution in [2.24, 2.45) is 0 Å². The molecule has 6 aromatic rings. The highest BCUT2D eigenvalue weighted by Crippen LogP contribution is 2.40. The minimum absolute atomic E-state index is 0.225. The van der Waals surface area contributed by atoms with Crippen molar-refractivity contribution in [1.29, 1.82) is 0 Å². The number of carbonyl (C=O) groups excluding carboxylic acids is 2. The summed E-state index contributed by atoms with van der Waals surface area (Å²) >= 11 is 0. The molecular weight excluding hydrogens is 480 g/mol. The molecule has 0 spiro atoms. The van der Waals surface area contributed by atoms with Gasteiger partial charge in [-0.05, 0) is 60.7 Å². The Labute approximate surface area is 217 Å². The number of nitrogens with one attached hydrogen (secondary N) is 2. The molecule has 0 aliphatic carbocycles. The lowest BCUT2D eigenvalue weighted by Gasteiger charge is -2.16. The zero-order valence-electron chi connectivity index (χ0n) is 20.6. The van der Waals surface area contributed by atoms with Crippen LogP contribution in [0.1, 0.15) is 13.8 Å². The highest BCUT2D eigenvalue weighted by atomic mass is 16.4. The van der Waals surface area contributed by atoms with Gasteiger partial charge in [-0.25, -0.2) is 9.97 Å². The number of fused-ring (bicyclic) bond motifs is 2. The zero-order chi connectivity index (χ0) is 26.2. The van der Waals surface area contributed by atoms with Crippen LogP contribution in [0.3, 0.4) is 0 Å². The summed E-state index contributed by atoms with van der Waals surface area (Å²) in [6, 6.07) is 26.1. The molecule has 8 heteroatoms. The van der Waals surface area contributed by atoms with Crippen LogP contribution >= 0.6 is 0 Å². The van der Waals surface area contributed by atoms with Gasteiger partial charge in [-0.15, -0.1) is 0 Å². The first-order valence-corrected chi connectivity index (χ1v) is 12.0. The summed E-state index contributed by atoms with van der Waals surface area (Å²) in [7, 11) is 0. The van der Waals surface area contributed by atoms with Gasteiger partial charge < -0.3 is 19.5 Å². The van der Waals surface area contributed by atoms with Gasteiger partial charge in [-0.2, -0.15) is 0 Å². The van der Waals surface area contributed by atoms with Crippen molar-refractivity contribution < 1.29 is 18.4 Å². The monoisotopic (exact) mass is 502 g/mol. The number of carbonyl (C=O) groups is 2. The second kappa shape index (κ2) is 9.33. The van der Waals surface area contributed by atoms with E-state index >= 15 is 0 Å². The maximum absolute atomic E-state index is 12.1. The van der Waals surface area contributed by atoms with Gasteiger partial charge in [0.15, 0.2) is 11.2 Å². The Kier molecular flexibility index (Phi) is 5.69. The number of oxazole rings is 2. The normalized spacial score (nSPS) is 11.1. The van der Waals surface area contributed by atoms with Crippen LogP contribution in [0.15, 0.2) is 93.8 Å². The molecule has 0 unspecified atom stereocenters. The molecule has 38 heavy (non-hydrogen) atoms. The predicted molar refractivity (Wildman–Crippen MR) is 146 cm³/mol. The summed E-state index contributed by atoms with van der Waals surface area (Å²) in [6.45, 7) is 2.89. The molecule has 2 aromatic heterocycles.